The van der Waals surface area contributed by atoms with Gasteiger partial charge < -0.3 is 4.74 Å². The van der Waals surface area contributed by atoms with Crippen LogP contribution >= 0.6 is 0 Å². The average Bonchev–Trinajstić information content (AvgIpc) is 2.71. The smallest absolute Gasteiger partial charge is 0.306 e. The zero-order chi connectivity index (χ0) is 19.8. The maximum atomic E-state index is 12.2. The summed E-state index contributed by atoms with van der Waals surface area (Å²) in [5, 5.41) is 0. The van der Waals surface area contributed by atoms with Crippen molar-refractivity contribution in [1.82, 2.24) is 0 Å². The van der Waals surface area contributed by atoms with Gasteiger partial charge in [-0.2, -0.15) is 0 Å². The van der Waals surface area contributed by atoms with Crippen LogP contribution in [0.1, 0.15) is 123 Å². The molecule has 0 aromatic heterocycles. The van der Waals surface area contributed by atoms with Crippen LogP contribution in [0.25, 0.3) is 0 Å². The lowest BCUT2D eigenvalue weighted by molar-refractivity contribution is -0.153. The molecule has 3 saturated carbocycles. The molecule has 2 nitrogen and oxygen atoms in total. The molecule has 0 spiro atoms. The van der Waals surface area contributed by atoms with Crippen molar-refractivity contribution < 1.29 is 9.53 Å². The average molecular weight is 391 g/mol. The molecule has 0 radical (unpaired) electrons. The fraction of sp³-hybridized carbons (Fsp3) is 0.962. The van der Waals surface area contributed by atoms with Crippen molar-refractivity contribution in [3.63, 3.8) is 0 Å². The highest BCUT2D eigenvalue weighted by molar-refractivity contribution is 5.69. The Bertz CT molecular complexity index is 459. The van der Waals surface area contributed by atoms with Gasteiger partial charge in [0.05, 0.1) is 0 Å². The predicted molar refractivity (Wildman–Crippen MR) is 117 cm³/mol. The van der Waals surface area contributed by atoms with E-state index in [4.69, 9.17) is 4.74 Å². The number of carbonyl (C=O) groups is 1. The van der Waals surface area contributed by atoms with Gasteiger partial charge in [-0.15, -0.1) is 0 Å². The summed E-state index contributed by atoms with van der Waals surface area (Å²) >= 11 is 0. The Morgan fingerprint density at radius 2 is 1.43 bits per heavy atom. The first-order chi connectivity index (χ1) is 13.7. The van der Waals surface area contributed by atoms with Crippen LogP contribution in [0.15, 0.2) is 0 Å². The molecule has 6 unspecified atom stereocenters. The van der Waals surface area contributed by atoms with E-state index in [0.717, 1.165) is 48.9 Å². The van der Waals surface area contributed by atoms with E-state index in [0.29, 0.717) is 6.42 Å². The van der Waals surface area contributed by atoms with Crippen LogP contribution in [0.3, 0.4) is 0 Å². The number of esters is 1. The van der Waals surface area contributed by atoms with Crippen LogP contribution in [0.4, 0.5) is 0 Å². The Kier molecular flexibility index (Phi) is 9.18. The number of carbonyl (C=O) groups excluding carboxylic acids is 1. The third-order valence-corrected chi connectivity index (χ3v) is 8.35. The first-order valence-electron chi connectivity index (χ1n) is 12.9. The molecule has 0 N–H and O–H groups in total. The summed E-state index contributed by atoms with van der Waals surface area (Å²) in [5.41, 5.74) is 0. The van der Waals surface area contributed by atoms with E-state index in [1.807, 2.05) is 0 Å². The molecule has 0 heterocycles. The third kappa shape index (κ3) is 6.23. The van der Waals surface area contributed by atoms with E-state index >= 15 is 0 Å². The van der Waals surface area contributed by atoms with Crippen LogP contribution in [0, 0.1) is 29.6 Å². The molecule has 0 aromatic carbocycles. The Morgan fingerprint density at radius 1 is 0.750 bits per heavy atom. The van der Waals surface area contributed by atoms with Gasteiger partial charge in [0, 0.05) is 6.42 Å². The van der Waals surface area contributed by atoms with Crippen molar-refractivity contribution in [2.24, 2.45) is 29.6 Å². The summed E-state index contributed by atoms with van der Waals surface area (Å²) in [6, 6.07) is 0. The van der Waals surface area contributed by atoms with Gasteiger partial charge in [0.15, 0.2) is 0 Å². The molecule has 2 heteroatoms. The highest BCUT2D eigenvalue weighted by Gasteiger charge is 2.44. The zero-order valence-corrected chi connectivity index (χ0v) is 18.8. The quantitative estimate of drug-likeness (QED) is 0.282. The monoisotopic (exact) mass is 390 g/mol. The van der Waals surface area contributed by atoms with Crippen LogP contribution in [0.2, 0.25) is 0 Å². The Balaban J connectivity index is 1.38. The number of hydrogen-bond donors (Lipinski definition) is 0. The molecule has 0 bridgehead atoms. The Labute approximate surface area is 174 Å². The largest absolute Gasteiger partial charge is 0.462 e. The molecular weight excluding hydrogens is 344 g/mol. The fourth-order valence-corrected chi connectivity index (χ4v) is 6.83. The molecule has 3 aliphatic rings. The molecule has 162 valence electrons. The lowest BCUT2D eigenvalue weighted by atomic mass is 9.56. The van der Waals surface area contributed by atoms with Gasteiger partial charge in [0.25, 0.3) is 0 Å². The van der Waals surface area contributed by atoms with Gasteiger partial charge in [-0.05, 0) is 81.0 Å². The van der Waals surface area contributed by atoms with Gasteiger partial charge in [0.1, 0.15) is 6.10 Å². The first kappa shape index (κ1) is 22.2. The van der Waals surface area contributed by atoms with Gasteiger partial charge in [-0.1, -0.05) is 65.2 Å². The van der Waals surface area contributed by atoms with Crippen molar-refractivity contribution >= 4 is 5.97 Å². The van der Waals surface area contributed by atoms with Gasteiger partial charge in [0.2, 0.25) is 0 Å². The van der Waals surface area contributed by atoms with Crippen LogP contribution in [-0.4, -0.2) is 12.1 Å². The van der Waals surface area contributed by atoms with E-state index < -0.39 is 0 Å². The molecule has 0 aromatic rings. The van der Waals surface area contributed by atoms with Crippen molar-refractivity contribution in [3.05, 3.63) is 0 Å². The number of rotatable bonds is 10. The van der Waals surface area contributed by atoms with Crippen molar-refractivity contribution in [2.45, 2.75) is 129 Å². The standard InChI is InChI=1S/C26H46O2/c1-3-5-7-8-9-11-26(27)28-23-15-17-25-22(19-23)14-13-21-18-20(10-6-4-2)12-16-24(21)25/h20-25H,3-19H2,1-2H3. The molecule has 0 aliphatic heterocycles. The molecule has 3 rings (SSSR count). The van der Waals surface area contributed by atoms with E-state index in [2.05, 4.69) is 13.8 Å². The van der Waals surface area contributed by atoms with Gasteiger partial charge in [-0.25, -0.2) is 0 Å². The molecule has 28 heavy (non-hydrogen) atoms. The second-order valence-electron chi connectivity index (χ2n) is 10.3. The third-order valence-electron chi connectivity index (χ3n) is 8.35. The minimum Gasteiger partial charge on any atom is -0.462 e. The maximum Gasteiger partial charge on any atom is 0.306 e. The fourth-order valence-electron chi connectivity index (χ4n) is 6.83. The summed E-state index contributed by atoms with van der Waals surface area (Å²) in [5.74, 6) is 4.88. The Morgan fingerprint density at radius 3 is 2.18 bits per heavy atom. The number of hydrogen-bond acceptors (Lipinski definition) is 2. The van der Waals surface area contributed by atoms with Crippen LogP contribution in [0.5, 0.6) is 0 Å². The van der Waals surface area contributed by atoms with E-state index in [1.165, 1.54) is 83.5 Å². The maximum absolute atomic E-state index is 12.2. The number of ether oxygens (including phenoxy) is 1. The van der Waals surface area contributed by atoms with Crippen molar-refractivity contribution in [3.8, 4) is 0 Å². The molecule has 0 amide bonds. The van der Waals surface area contributed by atoms with Crippen molar-refractivity contribution in [2.75, 3.05) is 0 Å². The zero-order valence-electron chi connectivity index (χ0n) is 18.8. The Hall–Kier alpha value is -0.530. The number of fused-ring (bicyclic) bond motifs is 3. The molecule has 3 fully saturated rings. The minimum atomic E-state index is 0.0741. The molecule has 3 aliphatic carbocycles. The first-order valence-corrected chi connectivity index (χ1v) is 12.9. The minimum absolute atomic E-state index is 0.0741. The predicted octanol–water partition coefficient (Wildman–Crippen LogP) is 7.69. The lowest BCUT2D eigenvalue weighted by Crippen LogP contribution is -2.43. The second kappa shape index (κ2) is 11.6. The van der Waals surface area contributed by atoms with E-state index in [-0.39, 0.29) is 12.1 Å². The summed E-state index contributed by atoms with van der Waals surface area (Å²) < 4.78 is 5.91. The van der Waals surface area contributed by atoms with E-state index in [9.17, 15) is 4.79 Å². The van der Waals surface area contributed by atoms with Gasteiger partial charge in [-0.3, -0.25) is 4.79 Å². The summed E-state index contributed by atoms with van der Waals surface area (Å²) in [6.07, 6.45) is 22.1. The highest BCUT2D eigenvalue weighted by atomic mass is 16.5. The van der Waals surface area contributed by atoms with Crippen molar-refractivity contribution in [1.29, 1.82) is 0 Å². The topological polar surface area (TPSA) is 26.3 Å². The molecule has 0 saturated heterocycles. The highest BCUT2D eigenvalue weighted by Crippen LogP contribution is 2.53. The van der Waals surface area contributed by atoms with Crippen LogP contribution < -0.4 is 0 Å². The van der Waals surface area contributed by atoms with Crippen LogP contribution in [-0.2, 0) is 9.53 Å². The summed E-state index contributed by atoms with van der Waals surface area (Å²) in [6.45, 7) is 4.56. The second-order valence-corrected chi connectivity index (χ2v) is 10.3. The molecular formula is C26H46O2. The summed E-state index contributed by atoms with van der Waals surface area (Å²) in [4.78, 5) is 12.2. The number of unbranched alkanes of at least 4 members (excludes halogenated alkanes) is 5. The molecule has 6 atom stereocenters. The van der Waals surface area contributed by atoms with E-state index in [1.54, 1.807) is 0 Å². The SMILES string of the molecule is CCCCCCCC(=O)OC1CCC2C(CCC3CC(CCCC)CCC32)C1. The summed E-state index contributed by atoms with van der Waals surface area (Å²) in [7, 11) is 0. The van der Waals surface area contributed by atoms with Gasteiger partial charge >= 0.3 is 5.97 Å². The lowest BCUT2D eigenvalue weighted by Gasteiger charge is -2.50. The normalized spacial score (nSPS) is 35.1.